The lowest BCUT2D eigenvalue weighted by Crippen LogP contribution is -2.24. The van der Waals surface area contributed by atoms with Crippen molar-refractivity contribution in [2.24, 2.45) is 0 Å². The van der Waals surface area contributed by atoms with Crippen molar-refractivity contribution in [2.75, 3.05) is 12.3 Å². The number of nitrogen functional groups attached to an aromatic ring is 1. The van der Waals surface area contributed by atoms with Gasteiger partial charge in [-0.3, -0.25) is 4.79 Å². The minimum absolute atomic E-state index is 0.101. The number of hydrogen-bond donors (Lipinski definition) is 4. The van der Waals surface area contributed by atoms with Crippen molar-refractivity contribution in [1.82, 2.24) is 4.98 Å². The number of hydrogen-bond acceptors (Lipinski definition) is 5. The minimum atomic E-state index is -1.60. The lowest BCUT2D eigenvalue weighted by atomic mass is 9.95. The van der Waals surface area contributed by atoms with Gasteiger partial charge in [-0.15, -0.1) is 0 Å². The molecule has 5 N–H and O–H groups in total. The second kappa shape index (κ2) is 7.10. The van der Waals surface area contributed by atoms with E-state index in [-0.39, 0.29) is 28.5 Å². The van der Waals surface area contributed by atoms with E-state index in [1.807, 2.05) is 4.98 Å². The Kier molecular flexibility index (Phi) is 5.14. The summed E-state index contributed by atoms with van der Waals surface area (Å²) in [5, 5.41) is 18.8. The molecule has 1 aromatic carbocycles. The molecule has 0 bridgehead atoms. The third-order valence-corrected chi connectivity index (χ3v) is 3.54. The van der Waals surface area contributed by atoms with E-state index in [2.05, 4.69) is 6.58 Å². The predicted molar refractivity (Wildman–Crippen MR) is 91.5 cm³/mol. The zero-order valence-corrected chi connectivity index (χ0v) is 13.5. The molecule has 0 aliphatic heterocycles. The van der Waals surface area contributed by atoms with Crippen LogP contribution in [0.25, 0.3) is 11.1 Å². The van der Waals surface area contributed by atoms with Crippen LogP contribution in [0.2, 0.25) is 5.02 Å². The number of H-pyrrole nitrogens is 1. The topological polar surface area (TPSA) is 143 Å². The second-order valence-corrected chi connectivity index (χ2v) is 5.26. The molecule has 9 heteroatoms. The number of carboxylic acids is 2. The van der Waals surface area contributed by atoms with Gasteiger partial charge in [0.25, 0.3) is 5.56 Å². The number of ether oxygens (including phenoxy) is 1. The van der Waals surface area contributed by atoms with Crippen molar-refractivity contribution >= 4 is 29.4 Å². The monoisotopic (exact) mass is 364 g/mol. The number of aromatic carboxylic acids is 2. The summed E-state index contributed by atoms with van der Waals surface area (Å²) in [6, 6.07) is 4.11. The van der Waals surface area contributed by atoms with E-state index in [0.29, 0.717) is 0 Å². The number of nitrogens with one attached hydrogen (secondary N) is 1. The van der Waals surface area contributed by atoms with Crippen LogP contribution in [0.4, 0.5) is 5.82 Å². The molecule has 2 aromatic rings. The van der Waals surface area contributed by atoms with Crippen LogP contribution in [0.1, 0.15) is 20.7 Å². The van der Waals surface area contributed by atoms with Gasteiger partial charge in [-0.25, -0.2) is 9.59 Å². The van der Waals surface area contributed by atoms with Gasteiger partial charge in [-0.1, -0.05) is 30.3 Å². The van der Waals surface area contributed by atoms with Gasteiger partial charge < -0.3 is 25.7 Å². The van der Waals surface area contributed by atoms with Gasteiger partial charge in [0.1, 0.15) is 29.3 Å². The molecule has 25 heavy (non-hydrogen) atoms. The van der Waals surface area contributed by atoms with Crippen LogP contribution >= 0.6 is 11.6 Å². The number of anilines is 1. The van der Waals surface area contributed by atoms with Crippen LogP contribution in [-0.2, 0) is 0 Å². The van der Waals surface area contributed by atoms with E-state index in [0.717, 1.165) is 0 Å². The van der Waals surface area contributed by atoms with E-state index < -0.39 is 34.4 Å². The van der Waals surface area contributed by atoms with Crippen molar-refractivity contribution in [1.29, 1.82) is 0 Å². The molecule has 0 radical (unpaired) electrons. The maximum atomic E-state index is 12.0. The summed E-state index contributed by atoms with van der Waals surface area (Å²) >= 11 is 6.09. The number of halogens is 1. The average molecular weight is 365 g/mol. The summed E-state index contributed by atoms with van der Waals surface area (Å²) in [7, 11) is 0. The molecule has 2 rings (SSSR count). The molecule has 0 aliphatic rings. The number of aromatic nitrogens is 1. The van der Waals surface area contributed by atoms with E-state index in [9.17, 15) is 24.6 Å². The van der Waals surface area contributed by atoms with Crippen LogP contribution in [0.15, 0.2) is 35.6 Å². The molecule has 0 amide bonds. The Labute approximate surface area is 146 Å². The molecule has 8 nitrogen and oxygen atoms in total. The van der Waals surface area contributed by atoms with Crippen molar-refractivity contribution in [3.05, 3.63) is 57.4 Å². The number of carbonyl (C=O) groups is 2. The van der Waals surface area contributed by atoms with E-state index >= 15 is 0 Å². The maximum Gasteiger partial charge on any atom is 0.342 e. The van der Waals surface area contributed by atoms with Gasteiger partial charge in [0.05, 0.1) is 5.02 Å². The highest BCUT2D eigenvalue weighted by Crippen LogP contribution is 2.34. The van der Waals surface area contributed by atoms with Crippen LogP contribution in [0, 0.1) is 0 Å². The van der Waals surface area contributed by atoms with Crippen LogP contribution in [-0.4, -0.2) is 33.7 Å². The van der Waals surface area contributed by atoms with Gasteiger partial charge >= 0.3 is 11.9 Å². The molecule has 1 aromatic heterocycles. The number of nitrogens with two attached hydrogens (primary N) is 1. The zero-order chi connectivity index (χ0) is 18.7. The molecule has 0 spiro atoms. The minimum Gasteiger partial charge on any atom is -0.488 e. The molecular weight excluding hydrogens is 352 g/mol. The van der Waals surface area contributed by atoms with Crippen LogP contribution < -0.4 is 16.0 Å². The van der Waals surface area contributed by atoms with E-state index in [1.54, 1.807) is 0 Å². The lowest BCUT2D eigenvalue weighted by Gasteiger charge is -2.13. The molecule has 130 valence electrons. The molecule has 0 fully saturated rings. The highest BCUT2D eigenvalue weighted by Gasteiger charge is 2.26. The summed E-state index contributed by atoms with van der Waals surface area (Å²) in [5.41, 5.74) is 3.03. The fourth-order valence-corrected chi connectivity index (χ4v) is 2.49. The molecular formula is C16H13ClN2O6. The summed E-state index contributed by atoms with van der Waals surface area (Å²) < 4.78 is 5.30. The summed E-state index contributed by atoms with van der Waals surface area (Å²) in [6.45, 7) is 3.69. The van der Waals surface area contributed by atoms with Gasteiger partial charge in [-0.2, -0.15) is 0 Å². The number of aromatic amines is 1. The smallest absolute Gasteiger partial charge is 0.342 e. The number of benzene rings is 1. The third-order valence-electron chi connectivity index (χ3n) is 3.25. The predicted octanol–water partition coefficient (Wildman–Crippen LogP) is 2.24. The quantitative estimate of drug-likeness (QED) is 0.575. The van der Waals surface area contributed by atoms with Crippen molar-refractivity contribution in [3.8, 4) is 16.9 Å². The molecule has 0 saturated carbocycles. The Morgan fingerprint density at radius 3 is 2.44 bits per heavy atom. The van der Waals surface area contributed by atoms with Crippen molar-refractivity contribution in [2.45, 2.75) is 0 Å². The molecule has 0 aliphatic carbocycles. The Hall–Kier alpha value is -3.26. The van der Waals surface area contributed by atoms with Gasteiger partial charge in [0, 0.05) is 5.56 Å². The Morgan fingerprint density at radius 2 is 1.92 bits per heavy atom. The number of pyridine rings is 1. The first kappa shape index (κ1) is 18.1. The molecule has 1 heterocycles. The lowest BCUT2D eigenvalue weighted by molar-refractivity contribution is 0.0695. The molecule has 0 atom stereocenters. The Morgan fingerprint density at radius 1 is 1.28 bits per heavy atom. The molecule has 0 saturated heterocycles. The standard InChI is InChI=1S/C16H13ClN2O6/c1-2-5-25-9-4-3-7(6-8(9)17)10-11(15(21)22)13(18)19-14(20)12(10)16(23)24/h2-4,6H,1,5H2,(H,21,22)(H,23,24)(H3,18,19,20). The summed E-state index contributed by atoms with van der Waals surface area (Å²) in [6.07, 6.45) is 1.51. The van der Waals surface area contributed by atoms with Gasteiger partial charge in [-0.05, 0) is 17.7 Å². The van der Waals surface area contributed by atoms with Gasteiger partial charge in [0.2, 0.25) is 0 Å². The van der Waals surface area contributed by atoms with Crippen LogP contribution in [0.3, 0.4) is 0 Å². The second-order valence-electron chi connectivity index (χ2n) is 4.85. The Balaban J connectivity index is 2.79. The fraction of sp³-hybridized carbons (Fsp3) is 0.0625. The van der Waals surface area contributed by atoms with E-state index in [1.165, 1.54) is 24.3 Å². The normalized spacial score (nSPS) is 10.3. The Bertz CT molecular complexity index is 935. The van der Waals surface area contributed by atoms with E-state index in [4.69, 9.17) is 22.1 Å². The van der Waals surface area contributed by atoms with Gasteiger partial charge in [0.15, 0.2) is 0 Å². The van der Waals surface area contributed by atoms with Crippen LogP contribution in [0.5, 0.6) is 5.75 Å². The first-order valence-corrected chi connectivity index (χ1v) is 7.21. The summed E-state index contributed by atoms with van der Waals surface area (Å²) in [4.78, 5) is 37.0. The SMILES string of the molecule is C=CCOc1ccc(-c2c(C(=O)O)c(N)[nH]c(=O)c2C(=O)O)cc1Cl. The highest BCUT2D eigenvalue weighted by molar-refractivity contribution is 6.32. The maximum absolute atomic E-state index is 12.0. The number of carboxylic acid groups (broad SMARTS) is 2. The zero-order valence-electron chi connectivity index (χ0n) is 12.7. The van der Waals surface area contributed by atoms with Crippen molar-refractivity contribution in [3.63, 3.8) is 0 Å². The first-order chi connectivity index (χ1) is 11.8. The fourth-order valence-electron chi connectivity index (χ4n) is 2.26. The highest BCUT2D eigenvalue weighted by atomic mass is 35.5. The largest absolute Gasteiger partial charge is 0.488 e. The summed E-state index contributed by atoms with van der Waals surface area (Å²) in [5.74, 6) is -3.26. The molecule has 0 unspecified atom stereocenters. The number of rotatable bonds is 6. The first-order valence-electron chi connectivity index (χ1n) is 6.83. The third kappa shape index (κ3) is 3.48. The van der Waals surface area contributed by atoms with Crippen molar-refractivity contribution < 1.29 is 24.5 Å². The average Bonchev–Trinajstić information content (AvgIpc) is 2.52.